The Morgan fingerprint density at radius 2 is 2.14 bits per heavy atom. The van der Waals surface area contributed by atoms with Crippen molar-refractivity contribution in [2.45, 2.75) is 32.5 Å². The van der Waals surface area contributed by atoms with E-state index in [9.17, 15) is 13.2 Å². The van der Waals surface area contributed by atoms with Crippen LogP contribution in [0.3, 0.4) is 0 Å². The first-order valence-electron chi connectivity index (χ1n) is 7.04. The molecule has 0 radical (unpaired) electrons. The van der Waals surface area contributed by atoms with Crippen LogP contribution >= 0.6 is 0 Å². The van der Waals surface area contributed by atoms with Crippen molar-refractivity contribution in [1.29, 1.82) is 0 Å². The summed E-state index contributed by atoms with van der Waals surface area (Å²) in [6.07, 6.45) is -2.91. The highest BCUT2D eigenvalue weighted by molar-refractivity contribution is 5.45. The molecule has 5 nitrogen and oxygen atoms in total. The van der Waals surface area contributed by atoms with Crippen molar-refractivity contribution in [3.63, 3.8) is 0 Å². The van der Waals surface area contributed by atoms with Gasteiger partial charge in [0, 0.05) is 12.5 Å². The lowest BCUT2D eigenvalue weighted by Crippen LogP contribution is -2.27. The molecule has 2 aromatic heterocycles. The molecule has 0 N–H and O–H groups in total. The smallest absolute Gasteiger partial charge is 0.408 e. The van der Waals surface area contributed by atoms with Crippen LogP contribution in [0.15, 0.2) is 22.8 Å². The van der Waals surface area contributed by atoms with E-state index in [1.807, 2.05) is 25.8 Å². The highest BCUT2D eigenvalue weighted by Gasteiger charge is 2.32. The van der Waals surface area contributed by atoms with E-state index < -0.39 is 12.7 Å². The third-order valence-corrected chi connectivity index (χ3v) is 3.34. The lowest BCUT2D eigenvalue weighted by molar-refractivity contribution is -0.143. The molecule has 22 heavy (non-hydrogen) atoms. The van der Waals surface area contributed by atoms with Crippen molar-refractivity contribution in [3.05, 3.63) is 24.2 Å². The molecule has 0 fully saturated rings. The van der Waals surface area contributed by atoms with Gasteiger partial charge in [-0.05, 0) is 25.7 Å². The average molecular weight is 316 g/mol. The Balaban J connectivity index is 2.32. The predicted molar refractivity (Wildman–Crippen MR) is 75.4 cm³/mol. The van der Waals surface area contributed by atoms with Gasteiger partial charge in [-0.2, -0.15) is 13.2 Å². The van der Waals surface area contributed by atoms with Gasteiger partial charge in [0.05, 0.1) is 6.26 Å². The summed E-state index contributed by atoms with van der Waals surface area (Å²) in [5.74, 6) is 0.668. The molecule has 0 amide bonds. The summed E-state index contributed by atoms with van der Waals surface area (Å²) < 4.78 is 44.3. The van der Waals surface area contributed by atoms with Gasteiger partial charge >= 0.3 is 6.18 Å². The third kappa shape index (κ3) is 4.09. The third-order valence-electron chi connectivity index (χ3n) is 3.34. The van der Waals surface area contributed by atoms with E-state index in [1.54, 1.807) is 12.1 Å². The van der Waals surface area contributed by atoms with Crippen LogP contribution in [-0.4, -0.2) is 46.0 Å². The zero-order valence-corrected chi connectivity index (χ0v) is 12.8. The number of alkyl halides is 3. The summed E-state index contributed by atoms with van der Waals surface area (Å²) >= 11 is 0. The monoisotopic (exact) mass is 316 g/mol. The fourth-order valence-electron chi connectivity index (χ4n) is 2.19. The van der Waals surface area contributed by atoms with E-state index in [4.69, 9.17) is 4.42 Å². The van der Waals surface area contributed by atoms with Crippen molar-refractivity contribution in [3.8, 4) is 11.6 Å². The molecule has 0 aliphatic rings. The van der Waals surface area contributed by atoms with Crippen LogP contribution in [0.5, 0.6) is 0 Å². The Labute approximate surface area is 126 Å². The van der Waals surface area contributed by atoms with Gasteiger partial charge in [-0.25, -0.2) is 9.67 Å². The Bertz CT molecular complexity index is 592. The normalized spacial score (nSPS) is 13.8. The van der Waals surface area contributed by atoms with Crippen LogP contribution in [0.25, 0.3) is 11.6 Å². The fraction of sp³-hybridized carbons (Fsp3) is 0.571. The standard InChI is InChI=1S/C14H19F3N4O/c1-4-20(3)8-10(2)13-18-12(11-6-5-7-22-11)19-21(13)9-14(15,16)17/h5-7,10H,4,8-9H2,1-3H3. The molecule has 122 valence electrons. The minimum absolute atomic E-state index is 0.176. The van der Waals surface area contributed by atoms with Crippen LogP contribution < -0.4 is 0 Å². The van der Waals surface area contributed by atoms with Gasteiger partial charge in [0.15, 0.2) is 5.76 Å². The molecule has 0 aliphatic carbocycles. The van der Waals surface area contributed by atoms with Gasteiger partial charge in [-0.1, -0.05) is 13.8 Å². The lowest BCUT2D eigenvalue weighted by Gasteiger charge is -2.19. The molecular formula is C14H19F3N4O. The van der Waals surface area contributed by atoms with E-state index in [0.717, 1.165) is 11.2 Å². The number of rotatable bonds is 6. The molecule has 8 heteroatoms. The molecule has 0 spiro atoms. The van der Waals surface area contributed by atoms with E-state index >= 15 is 0 Å². The van der Waals surface area contributed by atoms with Gasteiger partial charge in [0.2, 0.25) is 5.82 Å². The quantitative estimate of drug-likeness (QED) is 0.821. The minimum atomic E-state index is -4.35. The molecule has 0 saturated carbocycles. The average Bonchev–Trinajstić information content (AvgIpc) is 3.05. The highest BCUT2D eigenvalue weighted by atomic mass is 19.4. The van der Waals surface area contributed by atoms with Crippen LogP contribution in [-0.2, 0) is 6.54 Å². The highest BCUT2D eigenvalue weighted by Crippen LogP contribution is 2.24. The first kappa shape index (κ1) is 16.5. The van der Waals surface area contributed by atoms with Gasteiger partial charge in [-0.15, -0.1) is 5.10 Å². The second-order valence-electron chi connectivity index (χ2n) is 5.30. The van der Waals surface area contributed by atoms with Gasteiger partial charge < -0.3 is 9.32 Å². The molecule has 0 saturated heterocycles. The van der Waals surface area contributed by atoms with Crippen LogP contribution in [0, 0.1) is 0 Å². The zero-order valence-electron chi connectivity index (χ0n) is 12.8. The van der Waals surface area contributed by atoms with E-state index in [2.05, 4.69) is 10.1 Å². The van der Waals surface area contributed by atoms with Crippen molar-refractivity contribution in [2.24, 2.45) is 0 Å². The summed E-state index contributed by atoms with van der Waals surface area (Å²) in [7, 11) is 1.91. The van der Waals surface area contributed by atoms with Crippen LogP contribution in [0.2, 0.25) is 0 Å². The summed E-state index contributed by atoms with van der Waals surface area (Å²) in [4.78, 5) is 6.27. The lowest BCUT2D eigenvalue weighted by atomic mass is 10.1. The molecule has 2 heterocycles. The maximum Gasteiger partial charge on any atom is 0.408 e. The largest absolute Gasteiger partial charge is 0.461 e. The molecule has 0 bridgehead atoms. The molecule has 2 rings (SSSR count). The first-order chi connectivity index (χ1) is 10.3. The van der Waals surface area contributed by atoms with E-state index in [-0.39, 0.29) is 11.7 Å². The summed E-state index contributed by atoms with van der Waals surface area (Å²) in [5, 5.41) is 3.97. The van der Waals surface area contributed by atoms with Gasteiger partial charge in [0.25, 0.3) is 0 Å². The van der Waals surface area contributed by atoms with Crippen molar-refractivity contribution < 1.29 is 17.6 Å². The van der Waals surface area contributed by atoms with Crippen LogP contribution in [0.4, 0.5) is 13.2 Å². The van der Waals surface area contributed by atoms with Crippen molar-refractivity contribution in [2.75, 3.05) is 20.1 Å². The number of halogens is 3. The number of nitrogens with zero attached hydrogens (tertiary/aromatic N) is 4. The number of aromatic nitrogens is 3. The Morgan fingerprint density at radius 1 is 1.41 bits per heavy atom. The Hall–Kier alpha value is -1.83. The van der Waals surface area contributed by atoms with E-state index in [0.29, 0.717) is 18.1 Å². The van der Waals surface area contributed by atoms with Crippen molar-refractivity contribution in [1.82, 2.24) is 19.7 Å². The summed E-state index contributed by atoms with van der Waals surface area (Å²) in [6.45, 7) is 4.08. The second-order valence-corrected chi connectivity index (χ2v) is 5.30. The Morgan fingerprint density at radius 3 is 2.68 bits per heavy atom. The van der Waals surface area contributed by atoms with Crippen molar-refractivity contribution >= 4 is 0 Å². The summed E-state index contributed by atoms with van der Waals surface area (Å²) in [5.41, 5.74) is 0. The molecule has 2 aromatic rings. The predicted octanol–water partition coefficient (Wildman–Crippen LogP) is 3.16. The SMILES string of the molecule is CCN(C)CC(C)c1nc(-c2ccco2)nn1CC(F)(F)F. The number of hydrogen-bond acceptors (Lipinski definition) is 4. The van der Waals surface area contributed by atoms with Gasteiger partial charge in [-0.3, -0.25) is 0 Å². The van der Waals surface area contributed by atoms with Crippen LogP contribution in [0.1, 0.15) is 25.6 Å². The molecular weight excluding hydrogens is 297 g/mol. The maximum atomic E-state index is 12.7. The molecule has 1 unspecified atom stereocenters. The number of likely N-dealkylation sites (N-methyl/N-ethyl adjacent to an activating group) is 1. The number of furan rings is 1. The molecule has 0 aliphatic heterocycles. The minimum Gasteiger partial charge on any atom is -0.461 e. The Kier molecular flexibility index (Phi) is 4.90. The topological polar surface area (TPSA) is 47.1 Å². The number of hydrogen-bond donors (Lipinski definition) is 0. The molecule has 1 atom stereocenters. The fourth-order valence-corrected chi connectivity index (χ4v) is 2.19. The summed E-state index contributed by atoms with van der Waals surface area (Å²) in [6, 6.07) is 3.27. The van der Waals surface area contributed by atoms with Gasteiger partial charge in [0.1, 0.15) is 12.4 Å². The second kappa shape index (κ2) is 6.51. The first-order valence-corrected chi connectivity index (χ1v) is 7.04. The molecule has 0 aromatic carbocycles. The maximum absolute atomic E-state index is 12.7. The zero-order chi connectivity index (χ0) is 16.3. The van der Waals surface area contributed by atoms with E-state index in [1.165, 1.54) is 6.26 Å².